The van der Waals surface area contributed by atoms with E-state index in [-0.39, 0.29) is 23.4 Å². The molecule has 5 nitrogen and oxygen atoms in total. The zero-order chi connectivity index (χ0) is 8.15. The Hall–Kier alpha value is -0.871. The van der Waals surface area contributed by atoms with Crippen molar-refractivity contribution >= 4 is 18.2 Å². The van der Waals surface area contributed by atoms with E-state index < -0.39 is 24.3 Å². The summed E-state index contributed by atoms with van der Waals surface area (Å²) in [5.41, 5.74) is 0. The van der Waals surface area contributed by atoms with Gasteiger partial charge in [0.05, 0.1) is 6.42 Å². The van der Waals surface area contributed by atoms with Crippen LogP contribution in [0.3, 0.4) is 0 Å². The molecule has 0 saturated carbocycles. The molecule has 6 heteroatoms. The topological polar surface area (TPSA) is 91.7 Å². The molecule has 11 heavy (non-hydrogen) atoms. The van der Waals surface area contributed by atoms with Gasteiger partial charge in [0, 0.05) is 17.1 Å². The van der Waals surface area contributed by atoms with Gasteiger partial charge in [-0.15, -0.1) is 0 Å². The SMILES string of the molecule is O=CC(CC(=O)O)C(=O)O.[Cu]. The van der Waals surface area contributed by atoms with Crippen molar-refractivity contribution in [1.29, 1.82) is 0 Å². The normalized spacial score (nSPS) is 10.9. The molecule has 0 aliphatic heterocycles. The summed E-state index contributed by atoms with van der Waals surface area (Å²) < 4.78 is 0. The Kier molecular flexibility index (Phi) is 6.83. The van der Waals surface area contributed by atoms with Crippen LogP contribution in [-0.4, -0.2) is 28.4 Å². The Morgan fingerprint density at radius 1 is 1.36 bits per heavy atom. The van der Waals surface area contributed by atoms with E-state index in [1.54, 1.807) is 0 Å². The Morgan fingerprint density at radius 3 is 1.91 bits per heavy atom. The third kappa shape index (κ3) is 5.57. The fraction of sp³-hybridized carbons (Fsp3) is 0.400. The molecule has 67 valence electrons. The Morgan fingerprint density at radius 2 is 1.82 bits per heavy atom. The molecule has 0 spiro atoms. The van der Waals surface area contributed by atoms with Crippen LogP contribution in [0.25, 0.3) is 0 Å². The van der Waals surface area contributed by atoms with Crippen molar-refractivity contribution in [2.24, 2.45) is 5.92 Å². The van der Waals surface area contributed by atoms with Crippen LogP contribution in [0.2, 0.25) is 0 Å². The molecule has 1 radical (unpaired) electrons. The largest absolute Gasteiger partial charge is 0.481 e. The minimum Gasteiger partial charge on any atom is -0.481 e. The number of carboxylic acid groups (broad SMARTS) is 2. The molecule has 0 heterocycles. The molecule has 0 aliphatic carbocycles. The first-order valence-corrected chi connectivity index (χ1v) is 2.47. The maximum absolute atomic E-state index is 9.97. The van der Waals surface area contributed by atoms with Crippen molar-refractivity contribution in [3.63, 3.8) is 0 Å². The summed E-state index contributed by atoms with van der Waals surface area (Å²) in [5, 5.41) is 16.2. The molecule has 0 aliphatic rings. The van der Waals surface area contributed by atoms with Gasteiger partial charge in [0.15, 0.2) is 0 Å². The van der Waals surface area contributed by atoms with E-state index in [1.165, 1.54) is 0 Å². The molecular weight excluding hydrogens is 204 g/mol. The molecule has 0 aromatic rings. The van der Waals surface area contributed by atoms with Crippen LogP contribution in [0.1, 0.15) is 6.42 Å². The average Bonchev–Trinajstić information content (AvgIpc) is 1.81. The number of carbonyl (C=O) groups excluding carboxylic acids is 1. The second kappa shape index (κ2) is 5.88. The zero-order valence-corrected chi connectivity index (χ0v) is 6.22. The van der Waals surface area contributed by atoms with Gasteiger partial charge in [0.25, 0.3) is 0 Å². The van der Waals surface area contributed by atoms with E-state index in [9.17, 15) is 14.4 Å². The smallest absolute Gasteiger partial charge is 0.314 e. The predicted octanol–water partition coefficient (Wildman–Crippen LogP) is -0.642. The van der Waals surface area contributed by atoms with Crippen LogP contribution in [0.15, 0.2) is 0 Å². The quantitative estimate of drug-likeness (QED) is 0.365. The van der Waals surface area contributed by atoms with Crippen molar-refractivity contribution in [1.82, 2.24) is 0 Å². The van der Waals surface area contributed by atoms with Gasteiger partial charge in [-0.3, -0.25) is 9.59 Å². The summed E-state index contributed by atoms with van der Waals surface area (Å²) in [4.78, 5) is 29.7. The molecule has 0 saturated heterocycles. The first-order valence-electron chi connectivity index (χ1n) is 2.47. The van der Waals surface area contributed by atoms with E-state index in [2.05, 4.69) is 0 Å². The maximum Gasteiger partial charge on any atom is 0.314 e. The van der Waals surface area contributed by atoms with Gasteiger partial charge < -0.3 is 15.0 Å². The second-order valence-electron chi connectivity index (χ2n) is 1.68. The molecule has 1 unspecified atom stereocenters. The van der Waals surface area contributed by atoms with E-state index in [4.69, 9.17) is 10.2 Å². The number of rotatable bonds is 4. The fourth-order valence-corrected chi connectivity index (χ4v) is 0.382. The molecule has 1 atom stereocenters. The molecule has 0 aromatic heterocycles. The predicted molar refractivity (Wildman–Crippen MR) is 29.4 cm³/mol. The zero-order valence-electron chi connectivity index (χ0n) is 5.28. The maximum atomic E-state index is 9.97. The summed E-state index contributed by atoms with van der Waals surface area (Å²) in [6, 6.07) is 0. The summed E-state index contributed by atoms with van der Waals surface area (Å²) in [6.45, 7) is 0. The number of carboxylic acids is 2. The molecule has 0 fully saturated rings. The van der Waals surface area contributed by atoms with E-state index in [0.29, 0.717) is 0 Å². The van der Waals surface area contributed by atoms with E-state index in [1.807, 2.05) is 0 Å². The molecule has 2 N–H and O–H groups in total. The molecular formula is C5H6CuO5. The van der Waals surface area contributed by atoms with E-state index >= 15 is 0 Å². The Balaban J connectivity index is 0. The van der Waals surface area contributed by atoms with Gasteiger partial charge in [0.1, 0.15) is 12.2 Å². The van der Waals surface area contributed by atoms with Crippen LogP contribution in [0.5, 0.6) is 0 Å². The fourth-order valence-electron chi connectivity index (χ4n) is 0.382. The second-order valence-corrected chi connectivity index (χ2v) is 1.68. The van der Waals surface area contributed by atoms with E-state index in [0.717, 1.165) is 0 Å². The van der Waals surface area contributed by atoms with Crippen LogP contribution in [-0.2, 0) is 31.5 Å². The third-order valence-electron chi connectivity index (χ3n) is 0.876. The number of aldehydes is 1. The van der Waals surface area contributed by atoms with Crippen LogP contribution in [0.4, 0.5) is 0 Å². The third-order valence-corrected chi connectivity index (χ3v) is 0.876. The van der Waals surface area contributed by atoms with Gasteiger partial charge in [-0.25, -0.2) is 0 Å². The molecule has 0 rings (SSSR count). The monoisotopic (exact) mass is 209 g/mol. The summed E-state index contributed by atoms with van der Waals surface area (Å²) >= 11 is 0. The van der Waals surface area contributed by atoms with Crippen molar-refractivity contribution in [3.8, 4) is 0 Å². The minimum atomic E-state index is -1.42. The number of carbonyl (C=O) groups is 3. The van der Waals surface area contributed by atoms with Crippen molar-refractivity contribution in [3.05, 3.63) is 0 Å². The van der Waals surface area contributed by atoms with Crippen LogP contribution in [0, 0.1) is 5.92 Å². The standard InChI is InChI=1S/C5H6O5.Cu/c6-2-3(5(9)10)1-4(7)8;/h2-3H,1H2,(H,7,8)(H,9,10);. The van der Waals surface area contributed by atoms with Gasteiger partial charge in [0.2, 0.25) is 0 Å². The summed E-state index contributed by atoms with van der Waals surface area (Å²) in [7, 11) is 0. The van der Waals surface area contributed by atoms with Crippen molar-refractivity contribution < 1.29 is 41.7 Å². The van der Waals surface area contributed by atoms with Crippen molar-refractivity contribution in [2.45, 2.75) is 6.42 Å². The Bertz CT molecular complexity index is 166. The van der Waals surface area contributed by atoms with Crippen LogP contribution >= 0.6 is 0 Å². The van der Waals surface area contributed by atoms with Crippen molar-refractivity contribution in [2.75, 3.05) is 0 Å². The number of aliphatic carboxylic acids is 2. The average molecular weight is 210 g/mol. The minimum absolute atomic E-state index is 0. The number of hydrogen-bond donors (Lipinski definition) is 2. The summed E-state index contributed by atoms with van der Waals surface area (Å²) in [6.07, 6.45) is -0.546. The van der Waals surface area contributed by atoms with Crippen LogP contribution < -0.4 is 0 Å². The Labute approximate surface area is 72.9 Å². The number of hydrogen-bond acceptors (Lipinski definition) is 3. The molecule has 0 amide bonds. The first-order chi connectivity index (χ1) is 4.57. The summed E-state index contributed by atoms with van der Waals surface area (Å²) in [5.74, 6) is -4.12. The van der Waals surface area contributed by atoms with Gasteiger partial charge in [-0.2, -0.15) is 0 Å². The van der Waals surface area contributed by atoms with Gasteiger partial charge in [-0.05, 0) is 0 Å². The van der Waals surface area contributed by atoms with Gasteiger partial charge in [-0.1, -0.05) is 0 Å². The molecule has 0 aromatic carbocycles. The first kappa shape index (κ1) is 12.8. The molecule has 0 bridgehead atoms. The van der Waals surface area contributed by atoms with Gasteiger partial charge >= 0.3 is 11.9 Å².